The molecule has 2 aliphatic rings. The molecule has 0 amide bonds. The number of rotatable bonds is 5. The second-order valence-electron chi connectivity index (χ2n) is 8.09. The van der Waals surface area contributed by atoms with Crippen LogP contribution in [0.25, 0.3) is 0 Å². The summed E-state index contributed by atoms with van der Waals surface area (Å²) in [7, 11) is 0. The van der Waals surface area contributed by atoms with Gasteiger partial charge < -0.3 is 14.6 Å². The molecule has 0 saturated heterocycles. The number of pyridine rings is 1. The first-order valence-electron chi connectivity index (χ1n) is 10.6. The standard InChI is InChI=1S/C26H21N3O3/c27-15-17-6-8-19(9-7-17)26-21(18-4-2-1-3-5-18)10-11-22(26)24-23(32-26)14-20(16-28)29-25(24)31-13-12-30/h1-9,14,21-22,30H,10-13H2. The molecule has 0 bridgehead atoms. The highest BCUT2D eigenvalue weighted by Crippen LogP contribution is 2.65. The van der Waals surface area contributed by atoms with Crippen LogP contribution in [-0.2, 0) is 5.60 Å². The van der Waals surface area contributed by atoms with Gasteiger partial charge >= 0.3 is 0 Å². The van der Waals surface area contributed by atoms with Gasteiger partial charge in [-0.1, -0.05) is 42.5 Å². The van der Waals surface area contributed by atoms with Crippen LogP contribution >= 0.6 is 0 Å². The minimum Gasteiger partial charge on any atom is -0.481 e. The molecule has 1 fully saturated rings. The summed E-state index contributed by atoms with van der Waals surface area (Å²) in [5, 5.41) is 28.0. The Morgan fingerprint density at radius 3 is 2.47 bits per heavy atom. The molecular formula is C26H21N3O3. The summed E-state index contributed by atoms with van der Waals surface area (Å²) in [5.74, 6) is 0.983. The van der Waals surface area contributed by atoms with Gasteiger partial charge in [0, 0.05) is 17.9 Å². The number of nitrogens with zero attached hydrogens (tertiary/aromatic N) is 3. The maximum absolute atomic E-state index is 9.49. The number of hydrogen-bond acceptors (Lipinski definition) is 6. The quantitative estimate of drug-likeness (QED) is 0.662. The molecule has 6 heteroatoms. The monoisotopic (exact) mass is 423 g/mol. The molecule has 1 aliphatic heterocycles. The minimum atomic E-state index is -0.704. The number of hydrogen-bond donors (Lipinski definition) is 1. The van der Waals surface area contributed by atoms with Crippen LogP contribution in [-0.4, -0.2) is 23.3 Å². The average Bonchev–Trinajstić information content (AvgIpc) is 3.37. The van der Waals surface area contributed by atoms with E-state index in [1.807, 2.05) is 42.5 Å². The molecule has 158 valence electrons. The Morgan fingerprint density at radius 1 is 1.03 bits per heavy atom. The van der Waals surface area contributed by atoms with Gasteiger partial charge in [0.1, 0.15) is 29.7 Å². The number of nitriles is 2. The van der Waals surface area contributed by atoms with Crippen LogP contribution in [0.15, 0.2) is 60.7 Å². The third-order valence-corrected chi connectivity index (χ3v) is 6.50. The fourth-order valence-corrected chi connectivity index (χ4v) is 5.28. The zero-order valence-corrected chi connectivity index (χ0v) is 17.4. The van der Waals surface area contributed by atoms with E-state index in [-0.39, 0.29) is 30.7 Å². The van der Waals surface area contributed by atoms with Crippen molar-refractivity contribution in [2.24, 2.45) is 0 Å². The zero-order valence-electron chi connectivity index (χ0n) is 17.4. The molecule has 2 heterocycles. The largest absolute Gasteiger partial charge is 0.481 e. The second kappa shape index (κ2) is 8.00. The van der Waals surface area contributed by atoms with Crippen LogP contribution in [0.4, 0.5) is 0 Å². The molecule has 6 nitrogen and oxygen atoms in total. The van der Waals surface area contributed by atoms with Gasteiger partial charge in [-0.25, -0.2) is 4.98 Å². The smallest absolute Gasteiger partial charge is 0.222 e. The van der Waals surface area contributed by atoms with Crippen LogP contribution in [0.1, 0.15) is 52.6 Å². The van der Waals surface area contributed by atoms with Crippen LogP contribution < -0.4 is 9.47 Å². The Balaban J connectivity index is 1.70. The summed E-state index contributed by atoms with van der Waals surface area (Å²) in [4.78, 5) is 4.39. The molecule has 3 unspecified atom stereocenters. The first-order valence-corrected chi connectivity index (χ1v) is 10.6. The molecule has 0 radical (unpaired) electrons. The summed E-state index contributed by atoms with van der Waals surface area (Å²) in [6, 6.07) is 23.8. The number of aliphatic hydroxyl groups is 1. The van der Waals surface area contributed by atoms with Gasteiger partial charge in [-0.05, 0) is 36.1 Å². The van der Waals surface area contributed by atoms with Gasteiger partial charge in [0.2, 0.25) is 5.88 Å². The average molecular weight is 423 g/mol. The van der Waals surface area contributed by atoms with E-state index in [4.69, 9.17) is 9.47 Å². The predicted molar refractivity (Wildman–Crippen MR) is 116 cm³/mol. The highest BCUT2D eigenvalue weighted by molar-refractivity contribution is 5.56. The normalized spacial score (nSPS) is 22.8. The molecule has 3 aromatic rings. The molecule has 1 aliphatic carbocycles. The maximum Gasteiger partial charge on any atom is 0.222 e. The number of fused-ring (bicyclic) bond motifs is 3. The first-order chi connectivity index (χ1) is 15.7. The van der Waals surface area contributed by atoms with E-state index >= 15 is 0 Å². The van der Waals surface area contributed by atoms with E-state index < -0.39 is 5.60 Å². The van der Waals surface area contributed by atoms with Crippen molar-refractivity contribution in [2.45, 2.75) is 30.3 Å². The fourth-order valence-electron chi connectivity index (χ4n) is 5.28. The lowest BCUT2D eigenvalue weighted by Gasteiger charge is -2.36. The van der Waals surface area contributed by atoms with E-state index in [1.165, 1.54) is 5.56 Å². The van der Waals surface area contributed by atoms with Gasteiger partial charge in [0.15, 0.2) is 0 Å². The van der Waals surface area contributed by atoms with Crippen molar-refractivity contribution in [1.29, 1.82) is 10.5 Å². The van der Waals surface area contributed by atoms with Crippen molar-refractivity contribution in [3.8, 4) is 23.8 Å². The van der Waals surface area contributed by atoms with E-state index in [1.54, 1.807) is 6.07 Å². The van der Waals surface area contributed by atoms with Gasteiger partial charge in [-0.15, -0.1) is 0 Å². The van der Waals surface area contributed by atoms with Gasteiger partial charge in [0.05, 0.1) is 23.8 Å². The van der Waals surface area contributed by atoms with E-state index in [9.17, 15) is 15.6 Å². The van der Waals surface area contributed by atoms with Gasteiger partial charge in [0.25, 0.3) is 0 Å². The van der Waals surface area contributed by atoms with Gasteiger partial charge in [-0.2, -0.15) is 10.5 Å². The highest BCUT2D eigenvalue weighted by Gasteiger charge is 2.60. The summed E-state index contributed by atoms with van der Waals surface area (Å²) >= 11 is 0. The molecular weight excluding hydrogens is 402 g/mol. The van der Waals surface area contributed by atoms with Crippen molar-refractivity contribution in [3.05, 3.63) is 88.6 Å². The van der Waals surface area contributed by atoms with Crippen molar-refractivity contribution < 1.29 is 14.6 Å². The van der Waals surface area contributed by atoms with Crippen LogP contribution in [0.5, 0.6) is 11.6 Å². The maximum atomic E-state index is 9.49. The minimum absolute atomic E-state index is 0.0374. The van der Waals surface area contributed by atoms with Crippen molar-refractivity contribution in [1.82, 2.24) is 4.98 Å². The summed E-state index contributed by atoms with van der Waals surface area (Å²) in [6.07, 6.45) is 1.77. The molecule has 5 rings (SSSR count). The number of aliphatic hydroxyl groups excluding tert-OH is 1. The Morgan fingerprint density at radius 2 is 1.78 bits per heavy atom. The Hall–Kier alpha value is -3.87. The summed E-state index contributed by atoms with van der Waals surface area (Å²) in [5.41, 5.74) is 3.11. The van der Waals surface area contributed by atoms with E-state index in [2.05, 4.69) is 29.3 Å². The van der Waals surface area contributed by atoms with Crippen molar-refractivity contribution in [3.63, 3.8) is 0 Å². The fraction of sp³-hybridized carbons (Fsp3) is 0.269. The van der Waals surface area contributed by atoms with Crippen LogP contribution in [0, 0.1) is 22.7 Å². The molecule has 3 atom stereocenters. The first kappa shape index (κ1) is 20.1. The number of ether oxygens (including phenoxy) is 2. The molecule has 1 N–H and O–H groups in total. The molecule has 1 saturated carbocycles. The molecule has 2 aromatic carbocycles. The molecule has 32 heavy (non-hydrogen) atoms. The second-order valence-corrected chi connectivity index (χ2v) is 8.09. The topological polar surface area (TPSA) is 99.2 Å². The van der Waals surface area contributed by atoms with E-state index in [0.29, 0.717) is 17.2 Å². The SMILES string of the molecule is N#Cc1ccc(C23Oc4cc(C#N)nc(OCCO)c4C2CCC3c2ccccc2)cc1. The van der Waals surface area contributed by atoms with Crippen molar-refractivity contribution >= 4 is 0 Å². The lowest BCUT2D eigenvalue weighted by molar-refractivity contribution is 0.0640. The predicted octanol–water partition coefficient (Wildman–Crippen LogP) is 4.15. The lowest BCUT2D eigenvalue weighted by Crippen LogP contribution is -2.36. The summed E-state index contributed by atoms with van der Waals surface area (Å²) < 4.78 is 12.6. The third kappa shape index (κ3) is 3.00. The zero-order chi connectivity index (χ0) is 22.1. The Kier molecular flexibility index (Phi) is 5.01. The van der Waals surface area contributed by atoms with Gasteiger partial charge in [-0.3, -0.25) is 0 Å². The highest BCUT2D eigenvalue weighted by atomic mass is 16.5. The molecule has 1 aromatic heterocycles. The third-order valence-electron chi connectivity index (χ3n) is 6.50. The Labute approximate surface area is 186 Å². The Bertz CT molecular complexity index is 1230. The van der Waals surface area contributed by atoms with Crippen LogP contribution in [0.3, 0.4) is 0 Å². The van der Waals surface area contributed by atoms with Crippen LogP contribution in [0.2, 0.25) is 0 Å². The van der Waals surface area contributed by atoms with E-state index in [0.717, 1.165) is 24.0 Å². The van der Waals surface area contributed by atoms with Crippen molar-refractivity contribution in [2.75, 3.05) is 13.2 Å². The number of benzene rings is 2. The molecule has 0 spiro atoms. The number of aromatic nitrogens is 1. The lowest BCUT2D eigenvalue weighted by atomic mass is 9.74. The summed E-state index contributed by atoms with van der Waals surface area (Å²) in [6.45, 7) is -0.0564.